The lowest BCUT2D eigenvalue weighted by Gasteiger charge is -2.42. The Labute approximate surface area is 305 Å². The molecule has 0 fully saturated rings. The van der Waals surface area contributed by atoms with Crippen molar-refractivity contribution in [3.05, 3.63) is 190 Å². The van der Waals surface area contributed by atoms with Crippen molar-refractivity contribution in [1.29, 1.82) is 0 Å². The van der Waals surface area contributed by atoms with E-state index in [1.807, 2.05) is 41.3 Å². The summed E-state index contributed by atoms with van der Waals surface area (Å²) >= 11 is 3.70. The Morgan fingerprint density at radius 1 is 0.549 bits per heavy atom. The summed E-state index contributed by atoms with van der Waals surface area (Å²) in [4.78, 5) is 19.5. The van der Waals surface area contributed by atoms with Gasteiger partial charge in [-0.3, -0.25) is 0 Å². The minimum absolute atomic E-state index is 0.536. The maximum absolute atomic E-state index is 5.30. The molecule has 0 unspecified atom stereocenters. The van der Waals surface area contributed by atoms with E-state index in [-0.39, 0.29) is 0 Å². The van der Waals surface area contributed by atoms with Gasteiger partial charge in [0.2, 0.25) is 0 Å². The number of fused-ring (bicyclic) bond motifs is 5. The van der Waals surface area contributed by atoms with E-state index in [4.69, 9.17) is 15.0 Å². The predicted molar refractivity (Wildman–Crippen MR) is 211 cm³/mol. The zero-order chi connectivity index (χ0) is 33.8. The standard InChI is InChI=1S/C46H31N3S2/c1-4-15-30(16-5-1)43-47-44(31-27-28-35-34-21-10-12-25-39(34)50-41(35)29-31)49-45(48-43)36-22-14-24-38-42(36)51-40-26-13-11-23-37(40)46(38,32-17-6-2-7-18-32)33-19-8-3-9-20-33/h1-11,13-24,26-29H,12,25H2. The number of aryl methyl sites for hydroxylation is 1. The Morgan fingerprint density at radius 2 is 1.20 bits per heavy atom. The first kappa shape index (κ1) is 30.2. The molecule has 0 radical (unpaired) electrons. The lowest BCUT2D eigenvalue weighted by molar-refractivity contribution is 0.703. The van der Waals surface area contributed by atoms with Crippen molar-refractivity contribution in [2.24, 2.45) is 0 Å². The molecule has 6 aromatic carbocycles. The van der Waals surface area contributed by atoms with Crippen LogP contribution < -0.4 is 0 Å². The van der Waals surface area contributed by atoms with E-state index in [1.165, 1.54) is 47.7 Å². The highest BCUT2D eigenvalue weighted by molar-refractivity contribution is 7.99. The van der Waals surface area contributed by atoms with Gasteiger partial charge in [-0.2, -0.15) is 0 Å². The van der Waals surface area contributed by atoms with Gasteiger partial charge in [-0.25, -0.2) is 15.0 Å². The third-order valence-corrected chi connectivity index (χ3v) is 12.6. The second kappa shape index (κ2) is 12.3. The molecule has 0 saturated carbocycles. The summed E-state index contributed by atoms with van der Waals surface area (Å²) in [5.41, 5.74) is 8.75. The van der Waals surface area contributed by atoms with E-state index in [0.29, 0.717) is 17.5 Å². The summed E-state index contributed by atoms with van der Waals surface area (Å²) in [5.74, 6) is 2.02. The summed E-state index contributed by atoms with van der Waals surface area (Å²) in [5, 5.41) is 1.30. The number of benzene rings is 6. The van der Waals surface area contributed by atoms with Gasteiger partial charge in [0, 0.05) is 36.1 Å². The van der Waals surface area contributed by atoms with Crippen LogP contribution in [0.4, 0.5) is 0 Å². The number of allylic oxidation sites excluding steroid dienone is 1. The van der Waals surface area contributed by atoms with Gasteiger partial charge < -0.3 is 0 Å². The number of hydrogen-bond donors (Lipinski definition) is 0. The molecule has 1 aliphatic heterocycles. The largest absolute Gasteiger partial charge is 0.208 e. The first-order valence-corrected chi connectivity index (χ1v) is 19.0. The quantitative estimate of drug-likeness (QED) is 0.180. The van der Waals surface area contributed by atoms with Crippen molar-refractivity contribution < 1.29 is 0 Å². The fourth-order valence-electron chi connectivity index (χ4n) is 7.84. The van der Waals surface area contributed by atoms with Crippen LogP contribution in [-0.2, 0) is 11.8 Å². The van der Waals surface area contributed by atoms with Crippen molar-refractivity contribution >= 4 is 39.3 Å². The number of rotatable bonds is 5. The normalized spacial score (nSPS) is 14.1. The third-order valence-electron chi connectivity index (χ3n) is 10.1. The third kappa shape index (κ3) is 4.91. The fraction of sp³-hybridized carbons (Fsp3) is 0.0652. The summed E-state index contributed by atoms with van der Waals surface area (Å²) in [6.45, 7) is 0. The van der Waals surface area contributed by atoms with Gasteiger partial charge in [-0.05, 0) is 58.2 Å². The molecule has 3 heterocycles. The topological polar surface area (TPSA) is 38.7 Å². The van der Waals surface area contributed by atoms with Gasteiger partial charge in [0.25, 0.3) is 0 Å². The van der Waals surface area contributed by atoms with Crippen molar-refractivity contribution in [3.8, 4) is 34.2 Å². The van der Waals surface area contributed by atoms with Crippen LogP contribution in [0.3, 0.4) is 0 Å². The smallest absolute Gasteiger partial charge is 0.165 e. The number of thiophene rings is 1. The van der Waals surface area contributed by atoms with Crippen LogP contribution >= 0.6 is 23.1 Å². The zero-order valence-electron chi connectivity index (χ0n) is 27.7. The average molecular weight is 690 g/mol. The van der Waals surface area contributed by atoms with Crippen LogP contribution in [0.1, 0.15) is 39.1 Å². The van der Waals surface area contributed by atoms with Crippen LogP contribution in [0.25, 0.3) is 50.3 Å². The summed E-state index contributed by atoms with van der Waals surface area (Å²) in [7, 11) is 0. The second-order valence-corrected chi connectivity index (χ2v) is 15.2. The summed E-state index contributed by atoms with van der Waals surface area (Å²) < 4.78 is 1.27. The first-order chi connectivity index (χ1) is 25.3. The molecule has 3 nitrogen and oxygen atoms in total. The number of hydrogen-bond acceptors (Lipinski definition) is 5. The first-order valence-electron chi connectivity index (χ1n) is 17.3. The van der Waals surface area contributed by atoms with E-state index < -0.39 is 5.41 Å². The van der Waals surface area contributed by atoms with Crippen molar-refractivity contribution in [3.63, 3.8) is 0 Å². The van der Waals surface area contributed by atoms with Gasteiger partial charge in [0.05, 0.1) is 5.41 Å². The van der Waals surface area contributed by atoms with Gasteiger partial charge >= 0.3 is 0 Å². The Morgan fingerprint density at radius 3 is 1.96 bits per heavy atom. The fourth-order valence-corrected chi connectivity index (χ4v) is 10.4. The van der Waals surface area contributed by atoms with Gasteiger partial charge in [-0.1, -0.05) is 163 Å². The van der Waals surface area contributed by atoms with Crippen LogP contribution in [-0.4, -0.2) is 15.0 Å². The molecule has 2 aliphatic rings. The second-order valence-electron chi connectivity index (χ2n) is 13.0. The highest BCUT2D eigenvalue weighted by Gasteiger charge is 2.45. The van der Waals surface area contributed by atoms with E-state index in [0.717, 1.165) is 34.4 Å². The summed E-state index contributed by atoms with van der Waals surface area (Å²) in [6.07, 6.45) is 6.77. The molecule has 10 rings (SSSR count). The summed E-state index contributed by atoms with van der Waals surface area (Å²) in [6, 6.07) is 54.3. The van der Waals surface area contributed by atoms with E-state index in [2.05, 4.69) is 146 Å². The minimum atomic E-state index is -0.536. The molecule has 1 aliphatic carbocycles. The average Bonchev–Trinajstić information content (AvgIpc) is 3.58. The zero-order valence-corrected chi connectivity index (χ0v) is 29.3. The predicted octanol–water partition coefficient (Wildman–Crippen LogP) is 11.9. The van der Waals surface area contributed by atoms with Gasteiger partial charge in [0.15, 0.2) is 17.5 Å². The van der Waals surface area contributed by atoms with Crippen molar-refractivity contribution in [2.75, 3.05) is 0 Å². The molecule has 0 saturated heterocycles. The molecule has 8 aromatic rings. The lowest BCUT2D eigenvalue weighted by Crippen LogP contribution is -2.34. The Balaban J connectivity index is 1.23. The molecule has 51 heavy (non-hydrogen) atoms. The number of nitrogens with zero attached hydrogens (tertiary/aromatic N) is 3. The molecule has 0 amide bonds. The Kier molecular flexibility index (Phi) is 7.29. The Bertz CT molecular complexity index is 2570. The maximum Gasteiger partial charge on any atom is 0.165 e. The number of aromatic nitrogens is 3. The molecular weight excluding hydrogens is 659 g/mol. The molecule has 5 heteroatoms. The van der Waals surface area contributed by atoms with E-state index in [9.17, 15) is 0 Å². The SMILES string of the molecule is C1=Cc2c(sc3cc(-c4nc(-c5ccccc5)nc(-c5cccc6c5Sc5ccccc5C6(c5ccccc5)c5ccccc5)n4)ccc23)CC1. The van der Waals surface area contributed by atoms with Crippen molar-refractivity contribution in [2.45, 2.75) is 28.0 Å². The highest BCUT2D eigenvalue weighted by atomic mass is 32.2. The van der Waals surface area contributed by atoms with Crippen LogP contribution in [0.15, 0.2) is 168 Å². The molecule has 0 bridgehead atoms. The molecule has 2 aromatic heterocycles. The van der Waals surface area contributed by atoms with E-state index in [1.54, 1.807) is 0 Å². The van der Waals surface area contributed by atoms with Gasteiger partial charge in [-0.15, -0.1) is 11.3 Å². The molecule has 0 spiro atoms. The van der Waals surface area contributed by atoms with Crippen LogP contribution in [0, 0.1) is 0 Å². The molecule has 242 valence electrons. The Hall–Kier alpha value is -5.62. The molecule has 0 atom stereocenters. The highest BCUT2D eigenvalue weighted by Crippen LogP contribution is 2.57. The monoisotopic (exact) mass is 689 g/mol. The van der Waals surface area contributed by atoms with Crippen LogP contribution in [0.2, 0.25) is 0 Å². The van der Waals surface area contributed by atoms with Crippen LogP contribution in [0.5, 0.6) is 0 Å². The van der Waals surface area contributed by atoms with Gasteiger partial charge in [0.1, 0.15) is 0 Å². The van der Waals surface area contributed by atoms with Crippen molar-refractivity contribution in [1.82, 2.24) is 15.0 Å². The lowest BCUT2D eigenvalue weighted by atomic mass is 9.64. The molecule has 0 N–H and O–H groups in total. The molecular formula is C46H31N3S2. The van der Waals surface area contributed by atoms with E-state index >= 15 is 0 Å². The maximum atomic E-state index is 5.30. The minimum Gasteiger partial charge on any atom is -0.208 e.